The van der Waals surface area contributed by atoms with E-state index in [0.29, 0.717) is 21.4 Å². The van der Waals surface area contributed by atoms with Crippen molar-refractivity contribution >= 4 is 40.7 Å². The van der Waals surface area contributed by atoms with Crippen LogP contribution in [-0.2, 0) is 24.3 Å². The first kappa shape index (κ1) is 21.5. The van der Waals surface area contributed by atoms with E-state index in [9.17, 15) is 14.3 Å². The molecule has 152 valence electrons. The number of hydrogen-bond acceptors (Lipinski definition) is 4. The van der Waals surface area contributed by atoms with Crippen LogP contribution in [-0.4, -0.2) is 32.4 Å². The van der Waals surface area contributed by atoms with Crippen molar-refractivity contribution in [3.05, 3.63) is 68.7 Å². The van der Waals surface area contributed by atoms with Crippen LogP contribution in [0.4, 0.5) is 4.39 Å². The third-order valence-electron chi connectivity index (χ3n) is 3.97. The molecule has 0 spiro atoms. The molecule has 0 bridgehead atoms. The summed E-state index contributed by atoms with van der Waals surface area (Å²) in [5.74, 6) is -0.326. The number of amides is 1. The topological polar surface area (TPSA) is 80.0 Å². The molecule has 0 radical (unpaired) electrons. The second-order valence-electron chi connectivity index (χ2n) is 6.16. The van der Waals surface area contributed by atoms with Gasteiger partial charge in [0.05, 0.1) is 24.6 Å². The van der Waals surface area contributed by atoms with E-state index >= 15 is 0 Å². The van der Waals surface area contributed by atoms with Gasteiger partial charge in [-0.3, -0.25) is 4.79 Å². The van der Waals surface area contributed by atoms with Crippen LogP contribution in [0.5, 0.6) is 0 Å². The number of aliphatic hydroxyl groups is 1. The lowest BCUT2D eigenvalue weighted by Gasteiger charge is -2.07. The van der Waals surface area contributed by atoms with Gasteiger partial charge < -0.3 is 10.4 Å². The highest BCUT2D eigenvalue weighted by Gasteiger charge is 2.16. The number of aliphatic hydroxyl groups excluding tert-OH is 1. The summed E-state index contributed by atoms with van der Waals surface area (Å²) in [7, 11) is 0. The molecule has 0 aliphatic carbocycles. The third kappa shape index (κ3) is 5.67. The molecule has 2 aromatic carbocycles. The number of benzene rings is 2. The van der Waals surface area contributed by atoms with Gasteiger partial charge in [0.15, 0.2) is 5.82 Å². The van der Waals surface area contributed by atoms with Gasteiger partial charge in [-0.2, -0.15) is 5.10 Å². The largest absolute Gasteiger partial charge is 0.394 e. The van der Waals surface area contributed by atoms with Crippen LogP contribution < -0.4 is 5.32 Å². The molecule has 1 aromatic heterocycles. The van der Waals surface area contributed by atoms with Crippen molar-refractivity contribution in [1.29, 1.82) is 0 Å². The lowest BCUT2D eigenvalue weighted by molar-refractivity contribution is -0.120. The number of carbonyl (C=O) groups is 1. The molecule has 0 saturated carbocycles. The van der Waals surface area contributed by atoms with Crippen LogP contribution in [0.3, 0.4) is 0 Å². The Balaban J connectivity index is 1.74. The minimum Gasteiger partial charge on any atom is -0.394 e. The first-order valence-corrected chi connectivity index (χ1v) is 9.71. The van der Waals surface area contributed by atoms with Crippen molar-refractivity contribution < 1.29 is 14.3 Å². The molecule has 0 aliphatic rings. The Labute approximate surface area is 181 Å². The maximum Gasteiger partial charge on any atom is 0.227 e. The summed E-state index contributed by atoms with van der Waals surface area (Å²) in [5, 5.41) is 17.2. The minimum atomic E-state index is -0.595. The number of halogens is 4. The molecule has 1 amide bonds. The van der Waals surface area contributed by atoms with Crippen molar-refractivity contribution in [1.82, 2.24) is 20.1 Å². The van der Waals surface area contributed by atoms with E-state index in [1.165, 1.54) is 16.8 Å². The summed E-state index contributed by atoms with van der Waals surface area (Å²) < 4.78 is 15.1. The number of carbonyl (C=O) groups excluding carboxylic acids is 1. The molecular formula is C19H16Cl3FN4O2. The highest BCUT2D eigenvalue weighted by molar-refractivity contribution is 6.34. The van der Waals surface area contributed by atoms with Gasteiger partial charge in [-0.1, -0.05) is 34.8 Å². The van der Waals surface area contributed by atoms with Gasteiger partial charge in [0, 0.05) is 22.2 Å². The van der Waals surface area contributed by atoms with E-state index in [1.54, 1.807) is 24.3 Å². The van der Waals surface area contributed by atoms with Crippen molar-refractivity contribution in [2.45, 2.75) is 19.5 Å². The average molecular weight is 458 g/mol. The maximum atomic E-state index is 13.7. The zero-order valence-corrected chi connectivity index (χ0v) is 17.3. The van der Waals surface area contributed by atoms with Gasteiger partial charge in [-0.25, -0.2) is 14.1 Å². The molecule has 3 rings (SSSR count). The van der Waals surface area contributed by atoms with E-state index in [1.807, 2.05) is 0 Å². The van der Waals surface area contributed by atoms with Gasteiger partial charge in [0.1, 0.15) is 11.6 Å². The van der Waals surface area contributed by atoms with Gasteiger partial charge in [-0.05, 0) is 42.0 Å². The van der Waals surface area contributed by atoms with Crippen LogP contribution in [0.1, 0.15) is 11.4 Å². The van der Waals surface area contributed by atoms with Gasteiger partial charge in [0.25, 0.3) is 0 Å². The van der Waals surface area contributed by atoms with E-state index in [4.69, 9.17) is 34.8 Å². The minimum absolute atomic E-state index is 0.00994. The predicted molar refractivity (Wildman–Crippen MR) is 110 cm³/mol. The Morgan fingerprint density at radius 3 is 2.52 bits per heavy atom. The average Bonchev–Trinajstić information content (AvgIpc) is 3.04. The van der Waals surface area contributed by atoms with Crippen LogP contribution in [0.25, 0.3) is 11.4 Å². The predicted octanol–water partition coefficient (Wildman–Crippen LogP) is 3.90. The molecule has 6 nitrogen and oxygen atoms in total. The zero-order chi connectivity index (χ0) is 21.0. The van der Waals surface area contributed by atoms with Crippen molar-refractivity contribution in [2.24, 2.45) is 0 Å². The van der Waals surface area contributed by atoms with E-state index < -0.39 is 5.82 Å². The Morgan fingerprint density at radius 1 is 1.14 bits per heavy atom. The quantitative estimate of drug-likeness (QED) is 0.564. The SMILES string of the molecule is O=C(Cc1nc(-c2ccc(Cl)c(F)c2)nn1CCO)NCc1cc(Cl)cc(Cl)c1. The molecule has 0 saturated heterocycles. The van der Waals surface area contributed by atoms with Gasteiger partial charge in [-0.15, -0.1) is 0 Å². The highest BCUT2D eigenvalue weighted by atomic mass is 35.5. The summed E-state index contributed by atoms with van der Waals surface area (Å²) >= 11 is 17.6. The van der Waals surface area contributed by atoms with E-state index in [0.717, 1.165) is 5.56 Å². The summed E-state index contributed by atoms with van der Waals surface area (Å²) in [4.78, 5) is 16.7. The number of rotatable bonds is 7. The van der Waals surface area contributed by atoms with Crippen molar-refractivity contribution in [3.8, 4) is 11.4 Å². The number of nitrogens with one attached hydrogen (secondary N) is 1. The second-order valence-corrected chi connectivity index (χ2v) is 7.44. The lowest BCUT2D eigenvalue weighted by Crippen LogP contribution is -2.26. The van der Waals surface area contributed by atoms with Crippen molar-refractivity contribution in [2.75, 3.05) is 6.61 Å². The standard InChI is InChI=1S/C19H16Cl3FN4O2/c20-13-5-11(6-14(21)8-13)10-24-18(29)9-17-25-19(26-27(17)3-4-28)12-1-2-15(22)16(23)7-12/h1-2,5-8,28H,3-4,9-10H2,(H,24,29). The van der Waals surface area contributed by atoms with E-state index in [-0.39, 0.29) is 42.9 Å². The normalized spacial score (nSPS) is 10.9. The fourth-order valence-corrected chi connectivity index (χ4v) is 3.34. The molecular weight excluding hydrogens is 442 g/mol. The number of aromatic nitrogens is 3. The Kier molecular flexibility index (Phi) is 7.08. The monoisotopic (exact) mass is 456 g/mol. The smallest absolute Gasteiger partial charge is 0.227 e. The molecule has 0 atom stereocenters. The van der Waals surface area contributed by atoms with Crippen LogP contribution in [0.15, 0.2) is 36.4 Å². The molecule has 1 heterocycles. The molecule has 0 unspecified atom stereocenters. The number of hydrogen-bond donors (Lipinski definition) is 2. The summed E-state index contributed by atoms with van der Waals surface area (Å²) in [6, 6.07) is 9.21. The molecule has 0 fully saturated rings. The summed E-state index contributed by atoms with van der Waals surface area (Å²) in [6.07, 6.45) is -0.0721. The summed E-state index contributed by atoms with van der Waals surface area (Å²) in [5.41, 5.74) is 1.17. The third-order valence-corrected chi connectivity index (χ3v) is 4.71. The molecule has 29 heavy (non-hydrogen) atoms. The molecule has 0 aliphatic heterocycles. The molecule has 3 aromatic rings. The lowest BCUT2D eigenvalue weighted by atomic mass is 10.2. The first-order valence-electron chi connectivity index (χ1n) is 8.57. The van der Waals surface area contributed by atoms with Crippen LogP contribution >= 0.6 is 34.8 Å². The van der Waals surface area contributed by atoms with E-state index in [2.05, 4.69) is 15.4 Å². The van der Waals surface area contributed by atoms with Crippen LogP contribution in [0.2, 0.25) is 15.1 Å². The zero-order valence-electron chi connectivity index (χ0n) is 15.0. The highest BCUT2D eigenvalue weighted by Crippen LogP contribution is 2.22. The Morgan fingerprint density at radius 2 is 1.86 bits per heavy atom. The maximum absolute atomic E-state index is 13.7. The summed E-state index contributed by atoms with van der Waals surface area (Å²) in [6.45, 7) is 0.200. The van der Waals surface area contributed by atoms with Crippen LogP contribution in [0, 0.1) is 5.82 Å². The number of nitrogens with zero attached hydrogens (tertiary/aromatic N) is 3. The second kappa shape index (κ2) is 9.54. The fourth-order valence-electron chi connectivity index (χ4n) is 2.66. The Bertz CT molecular complexity index is 1020. The fraction of sp³-hybridized carbons (Fsp3) is 0.211. The van der Waals surface area contributed by atoms with Gasteiger partial charge >= 0.3 is 0 Å². The molecule has 2 N–H and O–H groups in total. The van der Waals surface area contributed by atoms with Gasteiger partial charge in [0.2, 0.25) is 5.91 Å². The Hall–Kier alpha value is -2.19. The molecule has 10 heteroatoms. The first-order chi connectivity index (χ1) is 13.9. The van der Waals surface area contributed by atoms with Crippen molar-refractivity contribution in [3.63, 3.8) is 0 Å².